The van der Waals surface area contributed by atoms with Crippen LogP contribution >= 0.6 is 0 Å². The van der Waals surface area contributed by atoms with Gasteiger partial charge in [-0.25, -0.2) is 4.79 Å². The molecule has 1 aromatic rings. The molecule has 0 aliphatic heterocycles. The second kappa shape index (κ2) is 7.21. The molecule has 21 heavy (non-hydrogen) atoms. The molecule has 0 radical (unpaired) electrons. The van der Waals surface area contributed by atoms with Crippen molar-refractivity contribution >= 4 is 11.9 Å². The summed E-state index contributed by atoms with van der Waals surface area (Å²) in [4.78, 5) is 23.3. The van der Waals surface area contributed by atoms with Crippen LogP contribution in [0, 0.1) is 0 Å². The van der Waals surface area contributed by atoms with Crippen molar-refractivity contribution in [1.29, 1.82) is 0 Å². The Hall–Kier alpha value is -1.89. The summed E-state index contributed by atoms with van der Waals surface area (Å²) in [5.41, 5.74) is -0.817. The molecule has 7 nitrogen and oxygen atoms in total. The van der Waals surface area contributed by atoms with E-state index in [1.54, 1.807) is 6.07 Å². The Balaban J connectivity index is 2.86. The molecule has 0 aliphatic carbocycles. The van der Waals surface area contributed by atoms with Crippen LogP contribution in [0.5, 0.6) is 0 Å². The van der Waals surface area contributed by atoms with Crippen molar-refractivity contribution in [2.75, 3.05) is 13.7 Å². The van der Waals surface area contributed by atoms with E-state index in [9.17, 15) is 14.7 Å². The number of hydrogen-bond acceptors (Lipinski definition) is 5. The van der Waals surface area contributed by atoms with Crippen LogP contribution in [-0.2, 0) is 9.53 Å². The minimum atomic E-state index is -1.52. The van der Waals surface area contributed by atoms with Crippen LogP contribution in [0.3, 0.4) is 0 Å². The summed E-state index contributed by atoms with van der Waals surface area (Å²) in [7, 11) is 1.37. The molecule has 0 saturated carbocycles. The first-order chi connectivity index (χ1) is 9.87. The van der Waals surface area contributed by atoms with Crippen LogP contribution < -0.4 is 5.32 Å². The first kappa shape index (κ1) is 17.2. The van der Waals surface area contributed by atoms with E-state index >= 15 is 0 Å². The summed E-state index contributed by atoms with van der Waals surface area (Å²) >= 11 is 0. The van der Waals surface area contributed by atoms with Crippen molar-refractivity contribution in [2.45, 2.75) is 45.1 Å². The van der Waals surface area contributed by atoms with E-state index in [0.717, 1.165) is 12.8 Å². The number of carbonyl (C=O) groups excluding carboxylic acids is 1. The predicted molar refractivity (Wildman–Crippen MR) is 75.2 cm³/mol. The Labute approximate surface area is 123 Å². The lowest BCUT2D eigenvalue weighted by Crippen LogP contribution is -2.55. The van der Waals surface area contributed by atoms with Crippen molar-refractivity contribution in [1.82, 2.24) is 10.5 Å². The van der Waals surface area contributed by atoms with Gasteiger partial charge in [0, 0.05) is 19.1 Å². The number of aromatic nitrogens is 1. The van der Waals surface area contributed by atoms with Gasteiger partial charge in [0.25, 0.3) is 5.91 Å². The molecular weight excluding hydrogens is 276 g/mol. The van der Waals surface area contributed by atoms with Crippen LogP contribution in [0.15, 0.2) is 10.6 Å². The molecule has 7 heteroatoms. The molecule has 0 fully saturated rings. The largest absolute Gasteiger partial charge is 0.479 e. The monoisotopic (exact) mass is 298 g/mol. The maximum absolute atomic E-state index is 12.1. The number of methoxy groups -OCH3 is 1. The third kappa shape index (κ3) is 4.04. The third-order valence-corrected chi connectivity index (χ3v) is 3.45. The van der Waals surface area contributed by atoms with E-state index in [1.165, 1.54) is 14.0 Å². The number of ether oxygens (including phenoxy) is 1. The number of nitrogens with one attached hydrogen (secondary N) is 1. The lowest BCUT2D eigenvalue weighted by molar-refractivity contribution is -0.145. The Morgan fingerprint density at radius 2 is 2.10 bits per heavy atom. The van der Waals surface area contributed by atoms with Crippen molar-refractivity contribution in [2.24, 2.45) is 0 Å². The topological polar surface area (TPSA) is 102 Å². The Morgan fingerprint density at radius 3 is 2.57 bits per heavy atom. The highest BCUT2D eigenvalue weighted by molar-refractivity contribution is 5.95. The summed E-state index contributed by atoms with van der Waals surface area (Å²) in [5.74, 6) is -1.58. The predicted octanol–water partition coefficient (Wildman–Crippen LogP) is 1.80. The Kier molecular flexibility index (Phi) is 5.90. The van der Waals surface area contributed by atoms with E-state index in [-0.39, 0.29) is 18.3 Å². The molecule has 1 aromatic heterocycles. The Morgan fingerprint density at radius 1 is 1.48 bits per heavy atom. The van der Waals surface area contributed by atoms with Gasteiger partial charge in [0.1, 0.15) is 0 Å². The number of amides is 1. The van der Waals surface area contributed by atoms with Crippen LogP contribution in [-0.4, -0.2) is 41.4 Å². The zero-order chi connectivity index (χ0) is 16.0. The fraction of sp³-hybridized carbons (Fsp3) is 0.643. The first-order valence-corrected chi connectivity index (χ1v) is 6.89. The van der Waals surface area contributed by atoms with Gasteiger partial charge >= 0.3 is 5.97 Å². The molecule has 0 bridgehead atoms. The molecular formula is C14H22N2O5. The maximum atomic E-state index is 12.1. The van der Waals surface area contributed by atoms with Gasteiger partial charge in [0.15, 0.2) is 5.54 Å². The van der Waals surface area contributed by atoms with Crippen molar-refractivity contribution < 1.29 is 24.0 Å². The van der Waals surface area contributed by atoms with E-state index < -0.39 is 17.4 Å². The summed E-state index contributed by atoms with van der Waals surface area (Å²) in [6.07, 6.45) is 1.78. The van der Waals surface area contributed by atoms with E-state index in [1.807, 2.05) is 13.8 Å². The lowest BCUT2D eigenvalue weighted by atomic mass is 9.99. The number of carboxylic acid groups (broad SMARTS) is 1. The van der Waals surface area contributed by atoms with Crippen LogP contribution in [0.1, 0.15) is 55.8 Å². The lowest BCUT2D eigenvalue weighted by Gasteiger charge is -2.24. The summed E-state index contributed by atoms with van der Waals surface area (Å²) in [6, 6.07) is 1.56. The molecule has 118 valence electrons. The van der Waals surface area contributed by atoms with Gasteiger partial charge < -0.3 is 19.7 Å². The Bertz CT molecular complexity index is 495. The van der Waals surface area contributed by atoms with Gasteiger partial charge in [-0.2, -0.15) is 0 Å². The van der Waals surface area contributed by atoms with Gasteiger partial charge in [-0.3, -0.25) is 4.79 Å². The van der Waals surface area contributed by atoms with Crippen LogP contribution in [0.2, 0.25) is 0 Å². The molecule has 1 unspecified atom stereocenters. The first-order valence-electron chi connectivity index (χ1n) is 6.89. The zero-order valence-electron chi connectivity index (χ0n) is 12.8. The van der Waals surface area contributed by atoms with Crippen LogP contribution in [0.25, 0.3) is 0 Å². The van der Waals surface area contributed by atoms with Crippen LogP contribution in [0.4, 0.5) is 0 Å². The maximum Gasteiger partial charge on any atom is 0.331 e. The smallest absolute Gasteiger partial charge is 0.331 e. The summed E-state index contributed by atoms with van der Waals surface area (Å²) < 4.78 is 9.86. The number of carbonyl (C=O) groups is 2. The second-order valence-corrected chi connectivity index (χ2v) is 5.15. The molecule has 1 atom stereocenters. The van der Waals surface area contributed by atoms with Gasteiger partial charge in [-0.05, 0) is 19.8 Å². The van der Waals surface area contributed by atoms with E-state index in [4.69, 9.17) is 9.26 Å². The third-order valence-electron chi connectivity index (χ3n) is 3.45. The van der Waals surface area contributed by atoms with Gasteiger partial charge in [-0.15, -0.1) is 0 Å². The summed E-state index contributed by atoms with van der Waals surface area (Å²) in [5, 5.41) is 15.5. The molecule has 0 aromatic carbocycles. The highest BCUT2D eigenvalue weighted by atomic mass is 16.5. The number of nitrogens with zero attached hydrogens (tertiary/aromatic N) is 1. The van der Waals surface area contributed by atoms with Gasteiger partial charge in [-0.1, -0.05) is 19.0 Å². The molecule has 2 N–H and O–H groups in total. The molecule has 1 heterocycles. The minimum absolute atomic E-state index is 0.000443. The number of rotatable bonds is 8. The highest BCUT2D eigenvalue weighted by Crippen LogP contribution is 2.22. The molecule has 1 amide bonds. The SMILES string of the molecule is CCC(CC)c1cc(C(=O)NC(C)(COC)C(=O)O)on1. The normalized spacial score (nSPS) is 14.0. The minimum Gasteiger partial charge on any atom is -0.479 e. The van der Waals surface area contributed by atoms with Gasteiger partial charge in [0.2, 0.25) is 5.76 Å². The zero-order valence-corrected chi connectivity index (χ0v) is 12.8. The van der Waals surface area contributed by atoms with Crippen molar-refractivity contribution in [3.8, 4) is 0 Å². The average Bonchev–Trinajstić information content (AvgIpc) is 2.90. The number of carboxylic acids is 1. The molecule has 0 aliphatic rings. The number of hydrogen-bond donors (Lipinski definition) is 2. The fourth-order valence-corrected chi connectivity index (χ4v) is 2.05. The van der Waals surface area contributed by atoms with E-state index in [0.29, 0.717) is 5.69 Å². The van der Waals surface area contributed by atoms with Gasteiger partial charge in [0.05, 0.1) is 12.3 Å². The van der Waals surface area contributed by atoms with Crippen molar-refractivity contribution in [3.63, 3.8) is 0 Å². The number of aliphatic carboxylic acids is 1. The molecule has 0 saturated heterocycles. The quantitative estimate of drug-likeness (QED) is 0.758. The fourth-order valence-electron chi connectivity index (χ4n) is 2.05. The molecule has 1 rings (SSSR count). The highest BCUT2D eigenvalue weighted by Gasteiger charge is 2.36. The molecule has 0 spiro atoms. The standard InChI is InChI=1S/C14H22N2O5/c1-5-9(6-2)10-7-11(21-16-10)12(17)15-14(3,8-20-4)13(18)19/h7,9H,5-6,8H2,1-4H3,(H,15,17)(H,18,19). The van der Waals surface area contributed by atoms with E-state index in [2.05, 4.69) is 10.5 Å². The second-order valence-electron chi connectivity index (χ2n) is 5.15. The average molecular weight is 298 g/mol. The summed E-state index contributed by atoms with van der Waals surface area (Å²) in [6.45, 7) is 5.28. The van der Waals surface area contributed by atoms with Crippen molar-refractivity contribution in [3.05, 3.63) is 17.5 Å².